The summed E-state index contributed by atoms with van der Waals surface area (Å²) in [4.78, 5) is 17.4. The van der Waals surface area contributed by atoms with Gasteiger partial charge in [-0.25, -0.2) is 4.99 Å². The van der Waals surface area contributed by atoms with Gasteiger partial charge in [0.25, 0.3) is 5.91 Å². The van der Waals surface area contributed by atoms with E-state index < -0.39 is 10.1 Å². The number of hydrogen-bond donors (Lipinski definition) is 1. The predicted octanol–water partition coefficient (Wildman–Crippen LogP) is 7.12. The molecule has 1 heterocycles. The van der Waals surface area contributed by atoms with E-state index in [2.05, 4.69) is 26.2 Å². The van der Waals surface area contributed by atoms with Crippen molar-refractivity contribution in [1.29, 1.82) is 0 Å². The van der Waals surface area contributed by atoms with Crippen molar-refractivity contribution in [3.63, 3.8) is 0 Å². The predicted molar refractivity (Wildman–Crippen MR) is 152 cm³/mol. The van der Waals surface area contributed by atoms with E-state index in [0.29, 0.717) is 35.8 Å². The van der Waals surface area contributed by atoms with Gasteiger partial charge in [0, 0.05) is 0 Å². The van der Waals surface area contributed by atoms with Gasteiger partial charge in [-0.1, -0.05) is 40.9 Å². The molecule has 0 bridgehead atoms. The third-order valence-electron chi connectivity index (χ3n) is 4.92. The monoisotopic (exact) mass is 640 g/mol. The van der Waals surface area contributed by atoms with Crippen LogP contribution >= 0.6 is 50.9 Å². The van der Waals surface area contributed by atoms with Crippen LogP contribution in [0, 0.1) is 6.92 Å². The number of halogens is 3. The maximum Gasteiger partial charge on any atom is 0.339 e. The topological polar surface area (TPSA) is 94.1 Å². The molecule has 1 amide bonds. The zero-order chi connectivity index (χ0) is 26.7. The van der Waals surface area contributed by atoms with Crippen molar-refractivity contribution in [2.45, 2.75) is 18.7 Å². The molecular weight excluding hydrogens is 623 g/mol. The van der Waals surface area contributed by atoms with Gasteiger partial charge in [-0.15, -0.1) is 0 Å². The Morgan fingerprint density at radius 1 is 1.08 bits per heavy atom. The lowest BCUT2D eigenvalue weighted by Crippen LogP contribution is -2.19. The van der Waals surface area contributed by atoms with E-state index in [4.69, 9.17) is 32.1 Å². The Hall–Kier alpha value is -2.50. The average Bonchev–Trinajstić information content (AvgIpc) is 3.17. The van der Waals surface area contributed by atoms with E-state index in [1.807, 2.05) is 6.92 Å². The highest BCUT2D eigenvalue weighted by Gasteiger charge is 2.26. The molecule has 0 radical (unpaired) electrons. The number of thioether (sulfide) groups is 1. The molecule has 4 rings (SSSR count). The van der Waals surface area contributed by atoms with Crippen molar-refractivity contribution >= 4 is 83.9 Å². The molecule has 37 heavy (non-hydrogen) atoms. The maximum absolute atomic E-state index is 12.9. The number of benzene rings is 3. The lowest BCUT2D eigenvalue weighted by molar-refractivity contribution is -0.115. The molecule has 192 valence electrons. The number of carbonyl (C=O) groups excluding carboxylic acids is 1. The van der Waals surface area contributed by atoms with E-state index in [1.54, 1.807) is 55.5 Å². The van der Waals surface area contributed by atoms with Gasteiger partial charge in [-0.05, 0) is 95.6 Å². The van der Waals surface area contributed by atoms with Crippen molar-refractivity contribution in [2.24, 2.45) is 4.99 Å². The number of nitrogens with one attached hydrogen (secondary N) is 1. The Labute approximate surface area is 237 Å². The van der Waals surface area contributed by atoms with E-state index in [1.165, 1.54) is 12.1 Å². The quantitative estimate of drug-likeness (QED) is 0.218. The average molecular weight is 642 g/mol. The van der Waals surface area contributed by atoms with Crippen LogP contribution in [0.3, 0.4) is 0 Å². The van der Waals surface area contributed by atoms with Crippen LogP contribution in [0.4, 0.5) is 5.69 Å². The fourth-order valence-corrected chi connectivity index (χ4v) is 5.92. The summed E-state index contributed by atoms with van der Waals surface area (Å²) < 4.78 is 37.2. The third-order valence-corrected chi connectivity index (χ3v) is 8.39. The number of hydrogen-bond acceptors (Lipinski definition) is 7. The molecule has 1 saturated heterocycles. The fourth-order valence-electron chi connectivity index (χ4n) is 3.18. The molecule has 3 aromatic rings. The van der Waals surface area contributed by atoms with Gasteiger partial charge in [0.05, 0.1) is 31.7 Å². The minimum atomic E-state index is -4.11. The molecule has 1 aliphatic heterocycles. The number of ether oxygens (including phenoxy) is 1. The van der Waals surface area contributed by atoms with Crippen LogP contribution in [0.5, 0.6) is 11.5 Å². The summed E-state index contributed by atoms with van der Waals surface area (Å²) in [5, 5.41) is 3.85. The molecule has 7 nitrogen and oxygen atoms in total. The summed E-state index contributed by atoms with van der Waals surface area (Å²) >= 11 is 16.5. The molecule has 0 aromatic heterocycles. The number of aliphatic imine (C=N–C) groups is 1. The van der Waals surface area contributed by atoms with E-state index in [9.17, 15) is 13.2 Å². The van der Waals surface area contributed by atoms with Gasteiger partial charge in [-0.3, -0.25) is 4.79 Å². The molecule has 0 aliphatic carbocycles. The number of rotatable bonds is 7. The summed E-state index contributed by atoms with van der Waals surface area (Å²) in [5.74, 6) is -0.123. The second-order valence-electron chi connectivity index (χ2n) is 7.69. The Kier molecular flexibility index (Phi) is 8.55. The minimum absolute atomic E-state index is 0.00923. The molecule has 0 spiro atoms. The van der Waals surface area contributed by atoms with E-state index in [0.717, 1.165) is 17.3 Å². The summed E-state index contributed by atoms with van der Waals surface area (Å²) in [6.45, 7) is 3.89. The Bertz CT molecular complexity index is 1540. The summed E-state index contributed by atoms with van der Waals surface area (Å²) in [5.41, 5.74) is 2.05. The van der Waals surface area contributed by atoms with Crippen molar-refractivity contribution in [1.82, 2.24) is 5.32 Å². The molecule has 0 saturated carbocycles. The van der Waals surface area contributed by atoms with Crippen LogP contribution in [0.15, 0.2) is 73.9 Å². The Balaban J connectivity index is 1.62. The van der Waals surface area contributed by atoms with Crippen LogP contribution < -0.4 is 14.2 Å². The van der Waals surface area contributed by atoms with Crippen LogP contribution in [0.2, 0.25) is 10.0 Å². The first-order chi connectivity index (χ1) is 17.6. The first-order valence-corrected chi connectivity index (χ1v) is 14.5. The van der Waals surface area contributed by atoms with Crippen molar-refractivity contribution in [3.05, 3.63) is 85.1 Å². The van der Waals surface area contributed by atoms with Gasteiger partial charge in [0.1, 0.15) is 4.90 Å². The Morgan fingerprint density at radius 3 is 2.49 bits per heavy atom. The van der Waals surface area contributed by atoms with E-state index in [-0.39, 0.29) is 28.9 Å². The fraction of sp³-hybridized carbons (Fsp3) is 0.120. The smallest absolute Gasteiger partial charge is 0.339 e. The number of amidine groups is 1. The zero-order valence-corrected chi connectivity index (χ0v) is 24.2. The van der Waals surface area contributed by atoms with Gasteiger partial charge in [0.2, 0.25) is 0 Å². The first-order valence-electron chi connectivity index (χ1n) is 10.8. The molecule has 1 N–H and O–H groups in total. The summed E-state index contributed by atoms with van der Waals surface area (Å²) in [6.07, 6.45) is 1.64. The zero-order valence-electron chi connectivity index (χ0n) is 19.4. The third kappa shape index (κ3) is 6.69. The summed E-state index contributed by atoms with van der Waals surface area (Å²) in [6, 6.07) is 14.5. The van der Waals surface area contributed by atoms with Crippen molar-refractivity contribution < 1.29 is 22.1 Å². The van der Waals surface area contributed by atoms with Crippen LogP contribution in [-0.4, -0.2) is 26.1 Å². The second kappa shape index (κ2) is 11.5. The molecule has 1 aliphatic rings. The highest BCUT2D eigenvalue weighted by atomic mass is 79.9. The highest BCUT2D eigenvalue weighted by Crippen LogP contribution is 2.40. The van der Waals surface area contributed by atoms with Gasteiger partial charge in [0.15, 0.2) is 16.7 Å². The first kappa shape index (κ1) is 27.5. The largest absolute Gasteiger partial charge is 0.490 e. The van der Waals surface area contributed by atoms with E-state index >= 15 is 0 Å². The summed E-state index contributed by atoms with van der Waals surface area (Å²) in [7, 11) is -4.11. The number of amides is 1. The Morgan fingerprint density at radius 2 is 1.81 bits per heavy atom. The highest BCUT2D eigenvalue weighted by molar-refractivity contribution is 9.10. The van der Waals surface area contributed by atoms with Crippen molar-refractivity contribution in [3.8, 4) is 11.5 Å². The van der Waals surface area contributed by atoms with Crippen molar-refractivity contribution in [2.75, 3.05) is 6.61 Å². The lowest BCUT2D eigenvalue weighted by Gasteiger charge is -2.14. The minimum Gasteiger partial charge on any atom is -0.490 e. The van der Waals surface area contributed by atoms with Crippen LogP contribution in [-0.2, 0) is 14.9 Å². The maximum atomic E-state index is 12.9. The van der Waals surface area contributed by atoms with Crippen LogP contribution in [0.1, 0.15) is 18.1 Å². The standard InChI is InChI=1S/C25H19BrCl2N2O5S2/c1-3-34-21-11-15(10-18(26)23(21)35-37(32,33)17-7-4-14(2)5-8-17)12-22-24(31)30-25(36-22)29-16-6-9-19(27)20(28)13-16/h4-13H,3H2,1-2H3,(H,29,30,31)/b22-12+. The molecule has 12 heteroatoms. The lowest BCUT2D eigenvalue weighted by atomic mass is 10.2. The van der Waals surface area contributed by atoms with Gasteiger partial charge < -0.3 is 14.2 Å². The number of nitrogens with zero attached hydrogens (tertiary/aromatic N) is 1. The molecular formula is C25H19BrCl2N2O5S2. The molecule has 0 unspecified atom stereocenters. The SMILES string of the molecule is CCOc1cc(/C=C2/SC(=Nc3ccc(Cl)c(Cl)c3)NC2=O)cc(Br)c1OS(=O)(=O)c1ccc(C)cc1. The van der Waals surface area contributed by atoms with Crippen LogP contribution in [0.25, 0.3) is 6.08 Å². The molecule has 0 atom stereocenters. The van der Waals surface area contributed by atoms with Gasteiger partial charge in [-0.2, -0.15) is 8.42 Å². The number of aryl methyl sites for hydroxylation is 1. The second-order valence-corrected chi connectivity index (χ2v) is 11.9. The molecule has 1 fully saturated rings. The normalized spacial score (nSPS) is 15.8. The number of carbonyl (C=O) groups is 1. The molecule has 3 aromatic carbocycles. The van der Waals surface area contributed by atoms with Gasteiger partial charge >= 0.3 is 10.1 Å².